The van der Waals surface area contributed by atoms with Gasteiger partial charge in [0, 0.05) is 0 Å². The molecule has 1 fully saturated rings. The van der Waals surface area contributed by atoms with E-state index in [9.17, 15) is 10.2 Å². The minimum absolute atomic E-state index is 0.133. The van der Waals surface area contributed by atoms with Gasteiger partial charge in [-0.05, 0) is 7.05 Å². The van der Waals surface area contributed by atoms with Crippen molar-refractivity contribution in [1.29, 1.82) is 0 Å². The summed E-state index contributed by atoms with van der Waals surface area (Å²) in [5.41, 5.74) is 0. The molecule has 0 radical (unpaired) electrons. The van der Waals surface area contributed by atoms with Crippen LogP contribution in [0, 0.1) is 0 Å². The maximum atomic E-state index is 9.37. The number of likely N-dealkylation sites (tertiary alicyclic amines) is 1. The Labute approximate surface area is 70.9 Å². The monoisotopic (exact) mass is 177 g/mol. The molecule has 1 heterocycles. The second-order valence-electron chi connectivity index (χ2n) is 3.15. The summed E-state index contributed by atoms with van der Waals surface area (Å²) in [6, 6.07) is -0.761. The zero-order chi connectivity index (χ0) is 9.30. The van der Waals surface area contributed by atoms with Crippen LogP contribution >= 0.6 is 0 Å². The van der Waals surface area contributed by atoms with E-state index >= 15 is 0 Å². The average molecular weight is 177 g/mol. The predicted molar refractivity (Wildman–Crippen MR) is 41.5 cm³/mol. The molecule has 0 aromatic heterocycles. The summed E-state index contributed by atoms with van der Waals surface area (Å²) in [6.07, 6.45) is -1.69. The second kappa shape index (κ2) is 3.68. The van der Waals surface area contributed by atoms with E-state index < -0.39 is 18.2 Å². The average Bonchev–Trinajstić information content (AvgIpc) is 2.05. The Morgan fingerprint density at radius 1 is 1.42 bits per heavy atom. The van der Waals surface area contributed by atoms with Crippen LogP contribution in [0.4, 0.5) is 0 Å². The molecule has 4 N–H and O–H groups in total. The Morgan fingerprint density at radius 3 is 2.33 bits per heavy atom. The Balaban J connectivity index is 2.49. The Bertz CT molecular complexity index is 144. The summed E-state index contributed by atoms with van der Waals surface area (Å²) < 4.78 is 0. The first-order valence-corrected chi connectivity index (χ1v) is 3.93. The van der Waals surface area contributed by atoms with Gasteiger partial charge in [-0.2, -0.15) is 0 Å². The maximum absolute atomic E-state index is 9.37. The molecule has 1 saturated heterocycles. The molecule has 12 heavy (non-hydrogen) atoms. The molecular formula is C7H15NO4. The van der Waals surface area contributed by atoms with E-state index in [0.717, 1.165) is 0 Å². The third-order valence-electron chi connectivity index (χ3n) is 2.51. The number of rotatable bonds is 3. The number of aliphatic hydroxyl groups is 4. The van der Waals surface area contributed by atoms with Gasteiger partial charge in [0.2, 0.25) is 0 Å². The number of hydrogen-bond donors (Lipinski definition) is 4. The van der Waals surface area contributed by atoms with Crippen molar-refractivity contribution >= 4 is 0 Å². The molecule has 0 aliphatic carbocycles. The van der Waals surface area contributed by atoms with E-state index in [1.54, 1.807) is 11.9 Å². The van der Waals surface area contributed by atoms with Crippen LogP contribution in [-0.2, 0) is 0 Å². The lowest BCUT2D eigenvalue weighted by Crippen LogP contribution is -2.71. The van der Waals surface area contributed by atoms with Crippen molar-refractivity contribution in [2.75, 3.05) is 20.3 Å². The molecule has 72 valence electrons. The number of hydrogen-bond acceptors (Lipinski definition) is 5. The van der Waals surface area contributed by atoms with Crippen molar-refractivity contribution in [2.45, 2.75) is 24.3 Å². The molecule has 5 nitrogen and oxygen atoms in total. The van der Waals surface area contributed by atoms with Crippen LogP contribution in [0.3, 0.4) is 0 Å². The van der Waals surface area contributed by atoms with Crippen LogP contribution in [0.2, 0.25) is 0 Å². The Hall–Kier alpha value is -0.200. The SMILES string of the molecule is CN1[C@H]([C@@H](O)CO)[C@H](O)[C@@H]1CO. The fourth-order valence-corrected chi connectivity index (χ4v) is 1.67. The first-order valence-electron chi connectivity index (χ1n) is 3.93. The summed E-state index contributed by atoms with van der Waals surface area (Å²) in [4.78, 5) is 1.66. The molecule has 5 heteroatoms. The van der Waals surface area contributed by atoms with E-state index in [4.69, 9.17) is 10.2 Å². The van der Waals surface area contributed by atoms with Crippen molar-refractivity contribution in [3.63, 3.8) is 0 Å². The Morgan fingerprint density at radius 2 is 2.00 bits per heavy atom. The molecule has 1 rings (SSSR count). The molecular weight excluding hydrogens is 162 g/mol. The standard InChI is InChI=1S/C7H15NO4/c1-8-4(2-9)7(12)6(8)5(11)3-10/h4-7,9-12H,2-3H2,1H3/t4-,5-,6+,7+/m0/s1. The Kier molecular flexibility index (Phi) is 3.03. The molecule has 4 atom stereocenters. The molecule has 0 saturated carbocycles. The lowest BCUT2D eigenvalue weighted by Gasteiger charge is -2.51. The summed E-state index contributed by atoms with van der Waals surface area (Å²) >= 11 is 0. The van der Waals surface area contributed by atoms with E-state index in [-0.39, 0.29) is 19.3 Å². The van der Waals surface area contributed by atoms with Crippen LogP contribution in [0.5, 0.6) is 0 Å². The van der Waals surface area contributed by atoms with Crippen molar-refractivity contribution in [1.82, 2.24) is 4.90 Å². The quantitative estimate of drug-likeness (QED) is 0.379. The molecule has 1 aliphatic heterocycles. The number of likely N-dealkylation sites (N-methyl/N-ethyl adjacent to an activating group) is 1. The predicted octanol–water partition coefficient (Wildman–Crippen LogP) is -2.62. The summed E-state index contributed by atoms with van der Waals surface area (Å²) in [7, 11) is 1.69. The van der Waals surface area contributed by atoms with E-state index in [0.29, 0.717) is 0 Å². The highest BCUT2D eigenvalue weighted by Gasteiger charge is 2.47. The van der Waals surface area contributed by atoms with Crippen LogP contribution in [0.25, 0.3) is 0 Å². The van der Waals surface area contributed by atoms with Crippen molar-refractivity contribution in [2.24, 2.45) is 0 Å². The van der Waals surface area contributed by atoms with Gasteiger partial charge < -0.3 is 20.4 Å². The largest absolute Gasteiger partial charge is 0.395 e. The zero-order valence-electron chi connectivity index (χ0n) is 6.96. The molecule has 0 aromatic rings. The highest BCUT2D eigenvalue weighted by molar-refractivity contribution is 5.02. The van der Waals surface area contributed by atoms with Gasteiger partial charge in [0.1, 0.15) is 0 Å². The van der Waals surface area contributed by atoms with Crippen molar-refractivity contribution in [3.8, 4) is 0 Å². The third kappa shape index (κ3) is 1.34. The topological polar surface area (TPSA) is 84.2 Å². The van der Waals surface area contributed by atoms with Gasteiger partial charge in [0.25, 0.3) is 0 Å². The first-order chi connectivity index (χ1) is 5.63. The van der Waals surface area contributed by atoms with Crippen LogP contribution in [-0.4, -0.2) is 69.9 Å². The lowest BCUT2D eigenvalue weighted by atomic mass is 9.87. The molecule has 0 aromatic carbocycles. The smallest absolute Gasteiger partial charge is 0.0951 e. The normalized spacial score (nSPS) is 39.2. The van der Waals surface area contributed by atoms with Crippen molar-refractivity contribution in [3.05, 3.63) is 0 Å². The van der Waals surface area contributed by atoms with Gasteiger partial charge >= 0.3 is 0 Å². The number of aliphatic hydroxyl groups excluding tert-OH is 4. The van der Waals surface area contributed by atoms with Crippen molar-refractivity contribution < 1.29 is 20.4 Å². The molecule has 1 aliphatic rings. The van der Waals surface area contributed by atoms with E-state index in [1.807, 2.05) is 0 Å². The van der Waals surface area contributed by atoms with Crippen LogP contribution in [0.15, 0.2) is 0 Å². The minimum atomic E-state index is -0.937. The van der Waals surface area contributed by atoms with Gasteiger partial charge in [0.15, 0.2) is 0 Å². The van der Waals surface area contributed by atoms with Crippen LogP contribution < -0.4 is 0 Å². The summed E-state index contributed by atoms with van der Waals surface area (Å²) in [5, 5.41) is 35.9. The maximum Gasteiger partial charge on any atom is 0.0951 e. The fourth-order valence-electron chi connectivity index (χ4n) is 1.67. The minimum Gasteiger partial charge on any atom is -0.395 e. The zero-order valence-corrected chi connectivity index (χ0v) is 6.96. The third-order valence-corrected chi connectivity index (χ3v) is 2.51. The molecule has 0 amide bonds. The van der Waals surface area contributed by atoms with Gasteiger partial charge in [-0.15, -0.1) is 0 Å². The molecule has 0 bridgehead atoms. The van der Waals surface area contributed by atoms with Gasteiger partial charge in [-0.1, -0.05) is 0 Å². The summed E-state index contributed by atoms with van der Waals surface area (Å²) in [5.74, 6) is 0. The molecule has 0 spiro atoms. The fraction of sp³-hybridized carbons (Fsp3) is 1.00. The molecule has 0 unspecified atom stereocenters. The lowest BCUT2D eigenvalue weighted by molar-refractivity contribution is -0.165. The highest BCUT2D eigenvalue weighted by Crippen LogP contribution is 2.26. The van der Waals surface area contributed by atoms with E-state index in [1.165, 1.54) is 0 Å². The number of nitrogens with zero attached hydrogens (tertiary/aromatic N) is 1. The van der Waals surface area contributed by atoms with Gasteiger partial charge in [-0.3, -0.25) is 4.90 Å². The first kappa shape index (κ1) is 9.88. The van der Waals surface area contributed by atoms with E-state index in [2.05, 4.69) is 0 Å². The summed E-state index contributed by atoms with van der Waals surface area (Å²) in [6.45, 7) is -0.503. The van der Waals surface area contributed by atoms with Gasteiger partial charge in [0.05, 0.1) is 37.5 Å². The van der Waals surface area contributed by atoms with Gasteiger partial charge in [-0.25, -0.2) is 0 Å². The highest BCUT2D eigenvalue weighted by atomic mass is 16.3. The van der Waals surface area contributed by atoms with Crippen LogP contribution in [0.1, 0.15) is 0 Å². The second-order valence-corrected chi connectivity index (χ2v) is 3.15.